The number of methoxy groups -OCH3 is 1. The summed E-state index contributed by atoms with van der Waals surface area (Å²) in [5, 5.41) is 9.50. The molecule has 0 unspecified atom stereocenters. The van der Waals surface area contributed by atoms with Gasteiger partial charge in [-0.15, -0.1) is 0 Å². The van der Waals surface area contributed by atoms with E-state index in [0.29, 0.717) is 5.75 Å². The molecule has 0 fully saturated rings. The van der Waals surface area contributed by atoms with Crippen LogP contribution in [0.4, 0.5) is 0 Å². The fraction of sp³-hybridized carbons (Fsp3) is 0.0667. The van der Waals surface area contributed by atoms with Gasteiger partial charge in [-0.3, -0.25) is 4.79 Å². The van der Waals surface area contributed by atoms with Gasteiger partial charge in [0, 0.05) is 17.2 Å². The Hall–Kier alpha value is -2.04. The third kappa shape index (κ3) is 3.01. The summed E-state index contributed by atoms with van der Waals surface area (Å²) in [5.74, 6) is -1.36. The molecule has 6 heteroatoms. The van der Waals surface area contributed by atoms with Crippen LogP contribution in [0.25, 0.3) is 0 Å². The maximum absolute atomic E-state index is 12.5. The van der Waals surface area contributed by atoms with Crippen LogP contribution in [-0.2, 0) is 0 Å². The fourth-order valence-electron chi connectivity index (χ4n) is 1.87. The first-order valence-corrected chi connectivity index (χ1v) is 6.61. The molecule has 0 amide bonds. The maximum atomic E-state index is 12.5. The topological polar surface area (TPSA) is 63.6 Å². The molecule has 0 bridgehead atoms. The predicted molar refractivity (Wildman–Crippen MR) is 79.8 cm³/mol. The van der Waals surface area contributed by atoms with Crippen molar-refractivity contribution < 1.29 is 19.4 Å². The second-order valence-corrected chi connectivity index (χ2v) is 4.96. The number of carboxylic acids is 1. The van der Waals surface area contributed by atoms with Gasteiger partial charge in [-0.1, -0.05) is 41.4 Å². The minimum atomic E-state index is -1.19. The summed E-state index contributed by atoms with van der Waals surface area (Å²) in [5.41, 5.74) is 0.0785. The lowest BCUT2D eigenvalue weighted by atomic mass is 9.98. The van der Waals surface area contributed by atoms with Crippen LogP contribution in [0, 0.1) is 0 Å². The van der Waals surface area contributed by atoms with Crippen molar-refractivity contribution in [1.82, 2.24) is 0 Å². The molecule has 1 N–H and O–H groups in total. The molecular formula is C15H10Cl2O4. The molecule has 0 spiro atoms. The second-order valence-electron chi connectivity index (χ2n) is 4.15. The van der Waals surface area contributed by atoms with Gasteiger partial charge in [0.2, 0.25) is 0 Å². The molecule has 0 saturated heterocycles. The van der Waals surface area contributed by atoms with E-state index in [2.05, 4.69) is 0 Å². The van der Waals surface area contributed by atoms with Gasteiger partial charge in [-0.05, 0) is 12.1 Å². The molecule has 0 aliphatic carbocycles. The average Bonchev–Trinajstić information content (AvgIpc) is 2.48. The molecule has 0 aliphatic rings. The predicted octanol–water partition coefficient (Wildman–Crippen LogP) is 3.93. The second kappa shape index (κ2) is 6.16. The maximum Gasteiger partial charge on any atom is 0.336 e. The van der Waals surface area contributed by atoms with Crippen LogP contribution in [0.1, 0.15) is 26.3 Å². The zero-order chi connectivity index (χ0) is 15.6. The largest absolute Gasteiger partial charge is 0.495 e. The Labute approximate surface area is 130 Å². The van der Waals surface area contributed by atoms with Gasteiger partial charge in [-0.2, -0.15) is 0 Å². The van der Waals surface area contributed by atoms with E-state index in [9.17, 15) is 9.59 Å². The van der Waals surface area contributed by atoms with Crippen molar-refractivity contribution in [3.8, 4) is 5.75 Å². The SMILES string of the molecule is COc1cc(Cl)c(C(=O)c2ccccc2C(=O)O)cc1Cl. The van der Waals surface area contributed by atoms with E-state index < -0.39 is 11.8 Å². The molecule has 0 saturated carbocycles. The summed E-state index contributed by atoms with van der Waals surface area (Å²) >= 11 is 12.0. The zero-order valence-electron chi connectivity index (χ0n) is 10.9. The summed E-state index contributed by atoms with van der Waals surface area (Å²) in [6, 6.07) is 8.70. The van der Waals surface area contributed by atoms with Crippen LogP contribution >= 0.6 is 23.2 Å². The quantitative estimate of drug-likeness (QED) is 0.865. The number of carbonyl (C=O) groups is 2. The summed E-state index contributed by atoms with van der Waals surface area (Å²) in [4.78, 5) is 23.7. The smallest absolute Gasteiger partial charge is 0.336 e. The van der Waals surface area contributed by atoms with Crippen molar-refractivity contribution in [1.29, 1.82) is 0 Å². The first-order chi connectivity index (χ1) is 9.95. The number of hydrogen-bond acceptors (Lipinski definition) is 3. The van der Waals surface area contributed by atoms with Crippen LogP contribution in [0.15, 0.2) is 36.4 Å². The van der Waals surface area contributed by atoms with E-state index in [1.54, 1.807) is 12.1 Å². The normalized spacial score (nSPS) is 10.2. The molecule has 2 aromatic rings. The Morgan fingerprint density at radius 1 is 1.00 bits per heavy atom. The highest BCUT2D eigenvalue weighted by Crippen LogP contribution is 2.32. The molecule has 0 heterocycles. The lowest BCUT2D eigenvalue weighted by Gasteiger charge is -2.09. The lowest BCUT2D eigenvalue weighted by molar-refractivity contribution is 0.0693. The Kier molecular flexibility index (Phi) is 4.50. The minimum absolute atomic E-state index is 0.0492. The number of ether oxygens (including phenoxy) is 1. The molecule has 0 aromatic heterocycles. The minimum Gasteiger partial charge on any atom is -0.495 e. The molecular weight excluding hydrogens is 315 g/mol. The van der Waals surface area contributed by atoms with Crippen LogP contribution < -0.4 is 4.74 Å². The van der Waals surface area contributed by atoms with Crippen LogP contribution in [0.3, 0.4) is 0 Å². The number of halogens is 2. The molecule has 108 valence electrons. The molecule has 0 aliphatic heterocycles. The Balaban J connectivity index is 2.56. The van der Waals surface area contributed by atoms with Gasteiger partial charge in [0.15, 0.2) is 5.78 Å². The number of carbonyl (C=O) groups excluding carboxylic acids is 1. The number of benzene rings is 2. The van der Waals surface area contributed by atoms with Crippen molar-refractivity contribution in [2.45, 2.75) is 0 Å². The summed E-state index contributed by atoms with van der Waals surface area (Å²) in [6.45, 7) is 0. The Morgan fingerprint density at radius 2 is 1.62 bits per heavy atom. The van der Waals surface area contributed by atoms with E-state index in [1.807, 2.05) is 0 Å². The van der Waals surface area contributed by atoms with E-state index in [0.717, 1.165) is 0 Å². The third-order valence-corrected chi connectivity index (χ3v) is 3.50. The Bertz CT molecular complexity index is 726. The van der Waals surface area contributed by atoms with E-state index in [4.69, 9.17) is 33.0 Å². The van der Waals surface area contributed by atoms with Gasteiger partial charge >= 0.3 is 5.97 Å². The third-order valence-electron chi connectivity index (χ3n) is 2.89. The van der Waals surface area contributed by atoms with Gasteiger partial charge < -0.3 is 9.84 Å². The summed E-state index contributed by atoms with van der Waals surface area (Å²) in [6.07, 6.45) is 0. The standard InChI is InChI=1S/C15H10Cl2O4/c1-21-13-7-11(16)10(6-12(13)17)14(18)8-4-2-3-5-9(8)15(19)20/h2-7H,1H3,(H,19,20). The van der Waals surface area contributed by atoms with Crippen molar-refractivity contribution in [2.24, 2.45) is 0 Å². The Morgan fingerprint density at radius 3 is 2.19 bits per heavy atom. The highest BCUT2D eigenvalue weighted by Gasteiger charge is 2.21. The average molecular weight is 325 g/mol. The fourth-order valence-corrected chi connectivity index (χ4v) is 2.35. The van der Waals surface area contributed by atoms with Crippen molar-refractivity contribution >= 4 is 35.0 Å². The molecule has 21 heavy (non-hydrogen) atoms. The molecule has 2 aromatic carbocycles. The van der Waals surface area contributed by atoms with Crippen molar-refractivity contribution in [2.75, 3.05) is 7.11 Å². The number of hydrogen-bond donors (Lipinski definition) is 1. The summed E-state index contributed by atoms with van der Waals surface area (Å²) in [7, 11) is 1.43. The van der Waals surface area contributed by atoms with E-state index >= 15 is 0 Å². The lowest BCUT2D eigenvalue weighted by Crippen LogP contribution is -2.10. The zero-order valence-corrected chi connectivity index (χ0v) is 12.4. The number of rotatable bonds is 4. The van der Waals surface area contributed by atoms with Gasteiger partial charge in [0.25, 0.3) is 0 Å². The first kappa shape index (κ1) is 15.4. The van der Waals surface area contributed by atoms with Crippen LogP contribution in [0.2, 0.25) is 10.0 Å². The molecule has 0 radical (unpaired) electrons. The number of ketones is 1. The van der Waals surface area contributed by atoms with Crippen LogP contribution in [-0.4, -0.2) is 24.0 Å². The highest BCUT2D eigenvalue weighted by atomic mass is 35.5. The van der Waals surface area contributed by atoms with Crippen LogP contribution in [0.5, 0.6) is 5.75 Å². The number of aromatic carboxylic acids is 1. The van der Waals surface area contributed by atoms with Gasteiger partial charge in [0.05, 0.1) is 22.7 Å². The molecule has 0 atom stereocenters. The van der Waals surface area contributed by atoms with E-state index in [-0.39, 0.29) is 26.7 Å². The molecule has 4 nitrogen and oxygen atoms in total. The summed E-state index contributed by atoms with van der Waals surface area (Å²) < 4.78 is 5.01. The van der Waals surface area contributed by atoms with Crippen molar-refractivity contribution in [3.63, 3.8) is 0 Å². The van der Waals surface area contributed by atoms with Gasteiger partial charge in [-0.25, -0.2) is 4.79 Å². The number of carboxylic acid groups (broad SMARTS) is 1. The monoisotopic (exact) mass is 324 g/mol. The first-order valence-electron chi connectivity index (χ1n) is 5.85. The highest BCUT2D eigenvalue weighted by molar-refractivity contribution is 6.37. The molecule has 2 rings (SSSR count). The van der Waals surface area contributed by atoms with E-state index in [1.165, 1.54) is 31.4 Å². The van der Waals surface area contributed by atoms with Crippen molar-refractivity contribution in [3.05, 3.63) is 63.1 Å². The van der Waals surface area contributed by atoms with Gasteiger partial charge in [0.1, 0.15) is 5.75 Å².